The third-order valence-electron chi connectivity index (χ3n) is 2.83. The summed E-state index contributed by atoms with van der Waals surface area (Å²) in [6.07, 6.45) is 3.22. The van der Waals surface area contributed by atoms with Crippen LogP contribution in [0.3, 0.4) is 0 Å². The van der Waals surface area contributed by atoms with Crippen molar-refractivity contribution in [2.45, 2.75) is 26.2 Å². The number of nitrogens with zero attached hydrogens (tertiary/aromatic N) is 4. The zero-order chi connectivity index (χ0) is 12.4. The van der Waals surface area contributed by atoms with Crippen LogP contribution < -0.4 is 0 Å². The summed E-state index contributed by atoms with van der Waals surface area (Å²) in [6, 6.07) is 10.2. The van der Waals surface area contributed by atoms with Gasteiger partial charge in [0, 0.05) is 12.0 Å². The van der Waals surface area contributed by atoms with E-state index in [0.717, 1.165) is 40.6 Å². The molecule has 0 fully saturated rings. The zero-order valence-corrected chi connectivity index (χ0v) is 11.0. The van der Waals surface area contributed by atoms with Crippen LogP contribution >= 0.6 is 11.3 Å². The Bertz CT molecular complexity index is 641. The van der Waals surface area contributed by atoms with Gasteiger partial charge in [0.25, 0.3) is 0 Å². The van der Waals surface area contributed by atoms with Crippen molar-refractivity contribution >= 4 is 16.3 Å². The maximum absolute atomic E-state index is 4.61. The molecule has 0 spiro atoms. The molecule has 0 unspecified atom stereocenters. The number of aromatic nitrogens is 4. The standard InChI is InChI=1S/C13H14N4S/c1-2-3-9-11-14-15-13-17(11)16-12(18-13)10-7-5-4-6-8-10/h4-8H,2-3,9H2,1H3. The molecule has 5 heteroatoms. The Kier molecular flexibility index (Phi) is 3.06. The van der Waals surface area contributed by atoms with Gasteiger partial charge < -0.3 is 0 Å². The van der Waals surface area contributed by atoms with Crippen molar-refractivity contribution in [3.63, 3.8) is 0 Å². The topological polar surface area (TPSA) is 43.1 Å². The average molecular weight is 258 g/mol. The molecule has 92 valence electrons. The molecule has 0 saturated heterocycles. The lowest BCUT2D eigenvalue weighted by Gasteiger charge is -1.94. The van der Waals surface area contributed by atoms with Gasteiger partial charge in [-0.05, 0) is 6.42 Å². The summed E-state index contributed by atoms with van der Waals surface area (Å²) < 4.78 is 1.88. The first-order chi connectivity index (χ1) is 8.88. The van der Waals surface area contributed by atoms with E-state index in [1.807, 2.05) is 22.7 Å². The first-order valence-corrected chi connectivity index (χ1v) is 6.96. The highest BCUT2D eigenvalue weighted by Gasteiger charge is 2.11. The minimum atomic E-state index is 0.875. The Labute approximate surface area is 109 Å². The third kappa shape index (κ3) is 2.01. The normalized spacial score (nSPS) is 11.2. The van der Waals surface area contributed by atoms with Gasteiger partial charge in [0.15, 0.2) is 5.82 Å². The summed E-state index contributed by atoms with van der Waals surface area (Å²) in [4.78, 5) is 0.875. The van der Waals surface area contributed by atoms with E-state index >= 15 is 0 Å². The highest BCUT2D eigenvalue weighted by Crippen LogP contribution is 2.25. The van der Waals surface area contributed by atoms with Crippen molar-refractivity contribution in [2.24, 2.45) is 0 Å². The molecule has 0 N–H and O–H groups in total. The van der Waals surface area contributed by atoms with Crippen LogP contribution in [0.25, 0.3) is 15.5 Å². The van der Waals surface area contributed by atoms with E-state index in [-0.39, 0.29) is 0 Å². The minimum Gasteiger partial charge on any atom is -0.187 e. The first-order valence-electron chi connectivity index (χ1n) is 6.15. The molecular weight excluding hydrogens is 244 g/mol. The second-order valence-electron chi connectivity index (χ2n) is 4.19. The van der Waals surface area contributed by atoms with E-state index in [9.17, 15) is 0 Å². The Balaban J connectivity index is 1.99. The number of unbranched alkanes of at least 4 members (excludes halogenated alkanes) is 1. The Morgan fingerprint density at radius 2 is 2.00 bits per heavy atom. The summed E-state index contributed by atoms with van der Waals surface area (Å²) in [7, 11) is 0. The predicted octanol–water partition coefficient (Wildman–Crippen LogP) is 3.20. The van der Waals surface area contributed by atoms with Crippen LogP contribution in [0.4, 0.5) is 0 Å². The lowest BCUT2D eigenvalue weighted by Crippen LogP contribution is -1.95. The van der Waals surface area contributed by atoms with Crippen molar-refractivity contribution in [2.75, 3.05) is 0 Å². The average Bonchev–Trinajstić information content (AvgIpc) is 2.98. The Hall–Kier alpha value is -1.75. The van der Waals surface area contributed by atoms with E-state index in [1.165, 1.54) is 0 Å². The molecule has 2 aromatic heterocycles. The van der Waals surface area contributed by atoms with Crippen LogP contribution in [0.5, 0.6) is 0 Å². The van der Waals surface area contributed by atoms with Crippen LogP contribution in [0.2, 0.25) is 0 Å². The molecular formula is C13H14N4S. The van der Waals surface area contributed by atoms with E-state index in [0.29, 0.717) is 0 Å². The third-order valence-corrected chi connectivity index (χ3v) is 3.78. The maximum atomic E-state index is 4.61. The van der Waals surface area contributed by atoms with Crippen LogP contribution in [0.15, 0.2) is 30.3 Å². The van der Waals surface area contributed by atoms with Gasteiger partial charge in [0.2, 0.25) is 4.96 Å². The van der Waals surface area contributed by atoms with Crippen LogP contribution in [0.1, 0.15) is 25.6 Å². The molecule has 0 aliphatic carbocycles. The quantitative estimate of drug-likeness (QED) is 0.721. The molecule has 0 aliphatic rings. The summed E-state index contributed by atoms with van der Waals surface area (Å²) in [5.74, 6) is 0.963. The largest absolute Gasteiger partial charge is 0.234 e. The molecule has 0 radical (unpaired) electrons. The zero-order valence-electron chi connectivity index (χ0n) is 10.2. The second-order valence-corrected chi connectivity index (χ2v) is 5.14. The van der Waals surface area contributed by atoms with Crippen LogP contribution in [-0.2, 0) is 6.42 Å². The number of hydrogen-bond acceptors (Lipinski definition) is 4. The fourth-order valence-electron chi connectivity index (χ4n) is 1.85. The van der Waals surface area contributed by atoms with Crippen molar-refractivity contribution < 1.29 is 0 Å². The molecule has 0 saturated carbocycles. The summed E-state index contributed by atoms with van der Waals surface area (Å²) in [6.45, 7) is 2.18. The number of fused-ring (bicyclic) bond motifs is 1. The van der Waals surface area contributed by atoms with Crippen molar-refractivity contribution in [1.82, 2.24) is 19.8 Å². The molecule has 2 heterocycles. The second kappa shape index (κ2) is 4.86. The number of benzene rings is 1. The molecule has 1 aromatic carbocycles. The predicted molar refractivity (Wildman–Crippen MR) is 72.7 cm³/mol. The number of aryl methyl sites for hydroxylation is 1. The Morgan fingerprint density at radius 3 is 2.78 bits per heavy atom. The first kappa shape index (κ1) is 11.3. The SMILES string of the molecule is CCCCc1nnc2sc(-c3ccccc3)nn12. The van der Waals surface area contributed by atoms with Crippen LogP contribution in [-0.4, -0.2) is 19.8 Å². The van der Waals surface area contributed by atoms with Crippen molar-refractivity contribution in [1.29, 1.82) is 0 Å². The van der Waals surface area contributed by atoms with Gasteiger partial charge in [0.1, 0.15) is 5.01 Å². The maximum Gasteiger partial charge on any atom is 0.234 e. The summed E-state index contributed by atoms with van der Waals surface area (Å²) in [5.41, 5.74) is 1.13. The van der Waals surface area contributed by atoms with Gasteiger partial charge >= 0.3 is 0 Å². The highest BCUT2D eigenvalue weighted by molar-refractivity contribution is 7.19. The molecule has 0 amide bonds. The van der Waals surface area contributed by atoms with Crippen molar-refractivity contribution in [3.05, 3.63) is 36.2 Å². The Morgan fingerprint density at radius 1 is 1.17 bits per heavy atom. The van der Waals surface area contributed by atoms with Gasteiger partial charge in [-0.1, -0.05) is 55.0 Å². The molecule has 4 nitrogen and oxygen atoms in total. The molecule has 18 heavy (non-hydrogen) atoms. The van der Waals surface area contributed by atoms with Crippen molar-refractivity contribution in [3.8, 4) is 10.6 Å². The van der Waals surface area contributed by atoms with Crippen LogP contribution in [0, 0.1) is 0 Å². The van der Waals surface area contributed by atoms with Gasteiger partial charge in [-0.2, -0.15) is 9.61 Å². The molecule has 3 aromatic rings. The summed E-state index contributed by atoms with van der Waals surface area (Å²) >= 11 is 1.58. The smallest absolute Gasteiger partial charge is 0.187 e. The minimum absolute atomic E-state index is 0.875. The van der Waals surface area contributed by atoms with E-state index in [4.69, 9.17) is 0 Å². The van der Waals surface area contributed by atoms with Gasteiger partial charge in [-0.25, -0.2) is 0 Å². The van der Waals surface area contributed by atoms with E-state index < -0.39 is 0 Å². The molecule has 0 aliphatic heterocycles. The molecule has 0 atom stereocenters. The number of hydrogen-bond donors (Lipinski definition) is 0. The molecule has 3 rings (SSSR count). The lowest BCUT2D eigenvalue weighted by molar-refractivity contribution is 0.723. The van der Waals surface area contributed by atoms with E-state index in [2.05, 4.69) is 34.4 Å². The summed E-state index contributed by atoms with van der Waals surface area (Å²) in [5, 5.41) is 14.0. The monoisotopic (exact) mass is 258 g/mol. The van der Waals surface area contributed by atoms with Gasteiger partial charge in [-0.15, -0.1) is 10.2 Å². The lowest BCUT2D eigenvalue weighted by atomic mass is 10.2. The van der Waals surface area contributed by atoms with Gasteiger partial charge in [-0.3, -0.25) is 0 Å². The number of rotatable bonds is 4. The fraction of sp³-hybridized carbons (Fsp3) is 0.308. The molecule has 0 bridgehead atoms. The van der Waals surface area contributed by atoms with Gasteiger partial charge in [0.05, 0.1) is 0 Å². The van der Waals surface area contributed by atoms with E-state index in [1.54, 1.807) is 11.3 Å². The highest BCUT2D eigenvalue weighted by atomic mass is 32.1. The fourth-order valence-corrected chi connectivity index (χ4v) is 2.71.